The van der Waals surface area contributed by atoms with Crippen molar-refractivity contribution in [3.63, 3.8) is 0 Å². The van der Waals surface area contributed by atoms with Gasteiger partial charge in [0.05, 0.1) is 17.3 Å². The van der Waals surface area contributed by atoms with E-state index in [1.807, 2.05) is 0 Å². The Bertz CT molecular complexity index is 691. The molecule has 0 fully saturated rings. The summed E-state index contributed by atoms with van der Waals surface area (Å²) in [5.74, 6) is -2.32. The number of carbonyl (C=O) groups is 2. The van der Waals surface area contributed by atoms with Gasteiger partial charge in [0.25, 0.3) is 5.91 Å². The van der Waals surface area contributed by atoms with E-state index >= 15 is 0 Å². The van der Waals surface area contributed by atoms with Crippen LogP contribution in [0.1, 0.15) is 20.7 Å². The van der Waals surface area contributed by atoms with Gasteiger partial charge in [0.15, 0.2) is 0 Å². The van der Waals surface area contributed by atoms with E-state index in [4.69, 9.17) is 5.11 Å². The van der Waals surface area contributed by atoms with Crippen LogP contribution in [0.5, 0.6) is 0 Å². The van der Waals surface area contributed by atoms with Gasteiger partial charge in [0.1, 0.15) is 5.82 Å². The number of hydrogen-bond acceptors (Lipinski definition) is 3. The van der Waals surface area contributed by atoms with Crippen LogP contribution >= 0.6 is 15.9 Å². The second kappa shape index (κ2) is 5.79. The first-order chi connectivity index (χ1) is 9.45. The van der Waals surface area contributed by atoms with Gasteiger partial charge in [0.2, 0.25) is 0 Å². The van der Waals surface area contributed by atoms with Gasteiger partial charge in [-0.2, -0.15) is 0 Å². The summed E-state index contributed by atoms with van der Waals surface area (Å²) >= 11 is 3.15. The molecule has 0 saturated carbocycles. The van der Waals surface area contributed by atoms with Crippen LogP contribution in [0, 0.1) is 5.82 Å². The van der Waals surface area contributed by atoms with Crippen molar-refractivity contribution in [2.24, 2.45) is 0 Å². The van der Waals surface area contributed by atoms with Crippen LogP contribution < -0.4 is 5.32 Å². The molecule has 2 rings (SSSR count). The van der Waals surface area contributed by atoms with Crippen molar-refractivity contribution in [1.29, 1.82) is 0 Å². The summed E-state index contributed by atoms with van der Waals surface area (Å²) in [6.07, 6.45) is 2.20. The molecule has 2 aromatic rings. The lowest BCUT2D eigenvalue weighted by Gasteiger charge is -2.07. The first kappa shape index (κ1) is 14.1. The summed E-state index contributed by atoms with van der Waals surface area (Å²) in [4.78, 5) is 26.4. The summed E-state index contributed by atoms with van der Waals surface area (Å²) < 4.78 is 13.5. The number of hydrogen-bond donors (Lipinski definition) is 2. The van der Waals surface area contributed by atoms with Crippen molar-refractivity contribution >= 4 is 33.5 Å². The molecule has 0 aliphatic carbocycles. The largest absolute Gasteiger partial charge is 0.478 e. The molecule has 1 heterocycles. The molecular formula is C13H8BrFN2O3. The van der Waals surface area contributed by atoms with Crippen molar-refractivity contribution in [3.8, 4) is 0 Å². The number of nitrogens with zero attached hydrogens (tertiary/aromatic N) is 1. The number of carbonyl (C=O) groups excluding carboxylic acids is 1. The van der Waals surface area contributed by atoms with Crippen LogP contribution in [0.2, 0.25) is 0 Å². The number of pyridine rings is 1. The van der Waals surface area contributed by atoms with Gasteiger partial charge in [-0.15, -0.1) is 0 Å². The smallest absolute Gasteiger partial charge is 0.335 e. The molecule has 7 heteroatoms. The standard InChI is InChI=1S/C13H8BrFN2O3/c14-9-1-7(13(19)20)3-11(4-9)17-12(18)8-2-10(15)6-16-5-8/h1-6H,(H,17,18)(H,19,20). The van der Waals surface area contributed by atoms with Crippen LogP contribution in [0.25, 0.3) is 0 Å². The van der Waals surface area contributed by atoms with Gasteiger partial charge < -0.3 is 10.4 Å². The SMILES string of the molecule is O=C(O)c1cc(Br)cc(NC(=O)c2cncc(F)c2)c1. The van der Waals surface area contributed by atoms with E-state index < -0.39 is 17.7 Å². The Morgan fingerprint density at radius 3 is 2.55 bits per heavy atom. The molecule has 5 nitrogen and oxygen atoms in total. The molecule has 1 aromatic carbocycles. The van der Waals surface area contributed by atoms with Crippen LogP contribution in [-0.2, 0) is 0 Å². The fourth-order valence-electron chi connectivity index (χ4n) is 1.52. The van der Waals surface area contributed by atoms with E-state index in [1.165, 1.54) is 24.4 Å². The van der Waals surface area contributed by atoms with Gasteiger partial charge in [-0.1, -0.05) is 15.9 Å². The number of rotatable bonds is 3. The highest BCUT2D eigenvalue weighted by Crippen LogP contribution is 2.20. The number of benzene rings is 1. The van der Waals surface area contributed by atoms with E-state index in [9.17, 15) is 14.0 Å². The van der Waals surface area contributed by atoms with Crippen LogP contribution in [-0.4, -0.2) is 22.0 Å². The molecule has 1 amide bonds. The van der Waals surface area contributed by atoms with E-state index in [-0.39, 0.29) is 16.8 Å². The second-order valence-electron chi connectivity index (χ2n) is 3.88. The molecule has 0 saturated heterocycles. The van der Waals surface area contributed by atoms with Crippen LogP contribution in [0.15, 0.2) is 41.1 Å². The predicted molar refractivity (Wildman–Crippen MR) is 73.2 cm³/mol. The van der Waals surface area contributed by atoms with Crippen molar-refractivity contribution in [1.82, 2.24) is 4.98 Å². The van der Waals surface area contributed by atoms with Crippen molar-refractivity contribution in [2.45, 2.75) is 0 Å². The molecule has 0 aliphatic rings. The predicted octanol–water partition coefficient (Wildman–Crippen LogP) is 2.93. The minimum atomic E-state index is -1.12. The Morgan fingerprint density at radius 1 is 1.15 bits per heavy atom. The second-order valence-corrected chi connectivity index (χ2v) is 4.80. The highest BCUT2D eigenvalue weighted by molar-refractivity contribution is 9.10. The third kappa shape index (κ3) is 3.39. The topological polar surface area (TPSA) is 79.3 Å². The Balaban J connectivity index is 2.26. The summed E-state index contributed by atoms with van der Waals surface area (Å²) in [6.45, 7) is 0. The van der Waals surface area contributed by atoms with E-state index in [0.717, 1.165) is 12.3 Å². The van der Waals surface area contributed by atoms with E-state index in [0.29, 0.717) is 4.47 Å². The molecule has 0 aliphatic heterocycles. The average molecular weight is 339 g/mol. The number of anilines is 1. The molecule has 2 N–H and O–H groups in total. The molecular weight excluding hydrogens is 331 g/mol. The summed E-state index contributed by atoms with van der Waals surface area (Å²) in [5, 5.41) is 11.4. The lowest BCUT2D eigenvalue weighted by Crippen LogP contribution is -2.13. The molecule has 1 aromatic heterocycles. The quantitative estimate of drug-likeness (QED) is 0.901. The number of aromatic carboxylic acids is 1. The number of aromatic nitrogens is 1. The fraction of sp³-hybridized carbons (Fsp3) is 0. The van der Waals surface area contributed by atoms with Gasteiger partial charge in [-0.3, -0.25) is 9.78 Å². The van der Waals surface area contributed by atoms with E-state index in [1.54, 1.807) is 0 Å². The normalized spacial score (nSPS) is 10.1. The molecule has 0 unspecified atom stereocenters. The Morgan fingerprint density at radius 2 is 1.90 bits per heavy atom. The summed E-state index contributed by atoms with van der Waals surface area (Å²) in [7, 11) is 0. The number of carboxylic acids is 1. The van der Waals surface area contributed by atoms with Crippen molar-refractivity contribution < 1.29 is 19.1 Å². The molecule has 0 bridgehead atoms. The Kier molecular flexibility index (Phi) is 4.09. The lowest BCUT2D eigenvalue weighted by atomic mass is 10.2. The molecule has 20 heavy (non-hydrogen) atoms. The van der Waals surface area contributed by atoms with Gasteiger partial charge in [0, 0.05) is 16.4 Å². The molecule has 0 atom stereocenters. The molecule has 0 radical (unpaired) electrons. The molecule has 102 valence electrons. The zero-order chi connectivity index (χ0) is 14.7. The minimum absolute atomic E-state index is 0.0204. The zero-order valence-corrected chi connectivity index (χ0v) is 11.5. The average Bonchev–Trinajstić information content (AvgIpc) is 2.37. The third-order valence-corrected chi connectivity index (χ3v) is 2.83. The van der Waals surface area contributed by atoms with Crippen LogP contribution in [0.4, 0.5) is 10.1 Å². The maximum atomic E-state index is 13.0. The van der Waals surface area contributed by atoms with E-state index in [2.05, 4.69) is 26.2 Å². The van der Waals surface area contributed by atoms with Gasteiger partial charge >= 0.3 is 5.97 Å². The monoisotopic (exact) mass is 338 g/mol. The zero-order valence-electron chi connectivity index (χ0n) is 9.93. The first-order valence-electron chi connectivity index (χ1n) is 5.41. The van der Waals surface area contributed by atoms with Crippen molar-refractivity contribution in [3.05, 3.63) is 58.1 Å². The van der Waals surface area contributed by atoms with Crippen LogP contribution in [0.3, 0.4) is 0 Å². The number of nitrogens with one attached hydrogen (secondary N) is 1. The number of amides is 1. The maximum absolute atomic E-state index is 13.0. The lowest BCUT2D eigenvalue weighted by molar-refractivity contribution is 0.0696. The maximum Gasteiger partial charge on any atom is 0.335 e. The Hall–Kier alpha value is -2.28. The first-order valence-corrected chi connectivity index (χ1v) is 6.21. The number of carboxylic acid groups (broad SMARTS) is 1. The minimum Gasteiger partial charge on any atom is -0.478 e. The van der Waals surface area contributed by atoms with Gasteiger partial charge in [-0.25, -0.2) is 9.18 Å². The third-order valence-electron chi connectivity index (χ3n) is 2.37. The fourth-order valence-corrected chi connectivity index (χ4v) is 2.02. The summed E-state index contributed by atoms with van der Waals surface area (Å²) in [6, 6.07) is 5.29. The highest BCUT2D eigenvalue weighted by Gasteiger charge is 2.11. The molecule has 0 spiro atoms. The number of halogens is 2. The Labute approximate surface area is 121 Å². The highest BCUT2D eigenvalue weighted by atomic mass is 79.9. The van der Waals surface area contributed by atoms with Crippen molar-refractivity contribution in [2.75, 3.05) is 5.32 Å². The van der Waals surface area contributed by atoms with Gasteiger partial charge in [-0.05, 0) is 24.3 Å². The summed E-state index contributed by atoms with van der Waals surface area (Å²) in [5.41, 5.74) is 0.347.